The summed E-state index contributed by atoms with van der Waals surface area (Å²) >= 11 is 5.36. The molecule has 2 amide bonds. The lowest BCUT2D eigenvalue weighted by molar-refractivity contribution is 0.222. The lowest BCUT2D eigenvalue weighted by Crippen LogP contribution is -2.45. The van der Waals surface area contributed by atoms with Crippen molar-refractivity contribution < 1.29 is 4.79 Å². The molecule has 1 aromatic carbocycles. The van der Waals surface area contributed by atoms with Crippen LogP contribution in [0, 0.1) is 0 Å². The number of benzene rings is 1. The number of thiocarbonyl (C=S) groups is 1. The summed E-state index contributed by atoms with van der Waals surface area (Å²) in [6.45, 7) is 5.25. The molecule has 0 atom stereocenters. The van der Waals surface area contributed by atoms with Gasteiger partial charge >= 0.3 is 6.03 Å². The highest BCUT2D eigenvalue weighted by atomic mass is 32.1. The van der Waals surface area contributed by atoms with E-state index < -0.39 is 0 Å². The normalized spacial score (nSPS) is 15.4. The quantitative estimate of drug-likeness (QED) is 0.831. The Morgan fingerprint density at radius 3 is 2.56 bits per heavy atom. The van der Waals surface area contributed by atoms with Crippen LogP contribution in [0.1, 0.15) is 13.8 Å². The van der Waals surface area contributed by atoms with Gasteiger partial charge in [-0.15, -0.1) is 0 Å². The van der Waals surface area contributed by atoms with Crippen molar-refractivity contribution in [3.8, 4) is 0 Å². The molecule has 1 aliphatic heterocycles. The summed E-state index contributed by atoms with van der Waals surface area (Å²) in [5.74, 6) is 0. The highest BCUT2D eigenvalue weighted by molar-refractivity contribution is 7.80. The first kappa shape index (κ1) is 12.8. The van der Waals surface area contributed by atoms with E-state index in [1.54, 1.807) is 4.90 Å². The molecule has 1 heterocycles. The van der Waals surface area contributed by atoms with E-state index in [4.69, 9.17) is 12.2 Å². The molecule has 1 fully saturated rings. The second-order valence-corrected chi connectivity index (χ2v) is 4.89. The van der Waals surface area contributed by atoms with Crippen LogP contribution in [0.15, 0.2) is 30.3 Å². The van der Waals surface area contributed by atoms with Gasteiger partial charge in [-0.1, -0.05) is 18.2 Å². The molecule has 1 aromatic rings. The zero-order valence-corrected chi connectivity index (χ0v) is 11.4. The van der Waals surface area contributed by atoms with Crippen molar-refractivity contribution in [2.45, 2.75) is 19.9 Å². The Balaban J connectivity index is 2.08. The average Bonchev–Trinajstić information content (AvgIpc) is 2.71. The fraction of sp³-hybridized carbons (Fsp3) is 0.385. The SMILES string of the molecule is CC(C)NC(=O)N1CCN(c2ccccc2)C1=S. The van der Waals surface area contributed by atoms with Gasteiger partial charge in [-0.2, -0.15) is 0 Å². The maximum absolute atomic E-state index is 11.9. The van der Waals surface area contributed by atoms with E-state index in [0.717, 1.165) is 12.2 Å². The zero-order valence-electron chi connectivity index (χ0n) is 10.6. The number of nitrogens with one attached hydrogen (secondary N) is 1. The Morgan fingerprint density at radius 2 is 1.94 bits per heavy atom. The van der Waals surface area contributed by atoms with Gasteiger partial charge < -0.3 is 10.2 Å². The number of urea groups is 1. The number of anilines is 1. The van der Waals surface area contributed by atoms with Gasteiger partial charge in [0.25, 0.3) is 0 Å². The number of rotatable bonds is 2. The minimum absolute atomic E-state index is 0.117. The third-order valence-corrected chi connectivity index (χ3v) is 3.17. The minimum atomic E-state index is -0.117. The van der Waals surface area contributed by atoms with Crippen molar-refractivity contribution in [2.24, 2.45) is 0 Å². The number of para-hydroxylation sites is 1. The fourth-order valence-corrected chi connectivity index (χ4v) is 2.27. The van der Waals surface area contributed by atoms with Crippen LogP contribution >= 0.6 is 12.2 Å². The molecule has 96 valence electrons. The summed E-state index contributed by atoms with van der Waals surface area (Å²) in [6.07, 6.45) is 0. The molecule has 2 rings (SSSR count). The van der Waals surface area contributed by atoms with Crippen LogP contribution in [0.4, 0.5) is 10.5 Å². The van der Waals surface area contributed by atoms with Crippen molar-refractivity contribution in [3.05, 3.63) is 30.3 Å². The number of nitrogens with zero attached hydrogens (tertiary/aromatic N) is 2. The van der Waals surface area contributed by atoms with Gasteiger partial charge in [0.1, 0.15) is 0 Å². The third-order valence-electron chi connectivity index (χ3n) is 2.73. The molecule has 5 heteroatoms. The van der Waals surface area contributed by atoms with Crippen molar-refractivity contribution in [2.75, 3.05) is 18.0 Å². The zero-order chi connectivity index (χ0) is 13.1. The van der Waals surface area contributed by atoms with Crippen molar-refractivity contribution in [1.82, 2.24) is 10.2 Å². The summed E-state index contributed by atoms with van der Waals surface area (Å²) in [6, 6.07) is 9.89. The van der Waals surface area contributed by atoms with Gasteiger partial charge in [0.2, 0.25) is 0 Å². The second-order valence-electron chi connectivity index (χ2n) is 4.53. The molecule has 0 aromatic heterocycles. The predicted octanol–water partition coefficient (Wildman–Crippen LogP) is 2.21. The molecule has 0 saturated carbocycles. The molecule has 1 aliphatic rings. The Morgan fingerprint density at radius 1 is 1.28 bits per heavy atom. The molecule has 0 spiro atoms. The molecule has 0 aliphatic carbocycles. The Kier molecular flexibility index (Phi) is 3.81. The van der Waals surface area contributed by atoms with Crippen molar-refractivity contribution >= 4 is 29.0 Å². The van der Waals surface area contributed by atoms with Crippen LogP contribution in [0.3, 0.4) is 0 Å². The number of hydrogen-bond acceptors (Lipinski definition) is 2. The van der Waals surface area contributed by atoms with E-state index in [1.807, 2.05) is 49.1 Å². The summed E-state index contributed by atoms with van der Waals surface area (Å²) in [4.78, 5) is 15.5. The monoisotopic (exact) mass is 263 g/mol. The van der Waals surface area contributed by atoms with Gasteiger partial charge in [0.05, 0.1) is 0 Å². The number of hydrogen-bond donors (Lipinski definition) is 1. The first-order valence-electron chi connectivity index (χ1n) is 6.04. The van der Waals surface area contributed by atoms with E-state index in [0.29, 0.717) is 11.7 Å². The molecular weight excluding hydrogens is 246 g/mol. The summed E-state index contributed by atoms with van der Waals surface area (Å²) in [7, 11) is 0. The van der Waals surface area contributed by atoms with Crippen LogP contribution in [-0.2, 0) is 0 Å². The summed E-state index contributed by atoms with van der Waals surface area (Å²) < 4.78 is 0. The fourth-order valence-electron chi connectivity index (χ4n) is 1.90. The summed E-state index contributed by atoms with van der Waals surface area (Å²) in [5, 5.41) is 3.43. The topological polar surface area (TPSA) is 35.6 Å². The molecule has 0 bridgehead atoms. The van der Waals surface area contributed by atoms with Crippen LogP contribution in [-0.4, -0.2) is 35.2 Å². The number of carbonyl (C=O) groups excluding carboxylic acids is 1. The second kappa shape index (κ2) is 5.35. The van der Waals surface area contributed by atoms with E-state index in [-0.39, 0.29) is 12.1 Å². The highest BCUT2D eigenvalue weighted by Gasteiger charge is 2.30. The van der Waals surface area contributed by atoms with Gasteiger partial charge in [-0.3, -0.25) is 4.90 Å². The molecule has 18 heavy (non-hydrogen) atoms. The van der Waals surface area contributed by atoms with E-state index in [1.165, 1.54) is 0 Å². The predicted molar refractivity (Wildman–Crippen MR) is 76.8 cm³/mol. The maximum atomic E-state index is 11.9. The Hall–Kier alpha value is -1.62. The molecule has 1 saturated heterocycles. The van der Waals surface area contributed by atoms with Crippen molar-refractivity contribution in [3.63, 3.8) is 0 Å². The first-order valence-corrected chi connectivity index (χ1v) is 6.45. The standard InChI is InChI=1S/C13H17N3OS/c1-10(2)14-12(17)16-9-8-15(13(16)18)11-6-4-3-5-7-11/h3-7,10H,8-9H2,1-2H3,(H,14,17). The van der Waals surface area contributed by atoms with Crippen LogP contribution in [0.5, 0.6) is 0 Å². The van der Waals surface area contributed by atoms with Gasteiger partial charge in [0.15, 0.2) is 5.11 Å². The van der Waals surface area contributed by atoms with Gasteiger partial charge in [0, 0.05) is 24.8 Å². The molecular formula is C13H17N3OS. The molecule has 0 radical (unpaired) electrons. The van der Waals surface area contributed by atoms with Gasteiger partial charge in [-0.05, 0) is 38.2 Å². The average molecular weight is 263 g/mol. The first-order chi connectivity index (χ1) is 8.59. The van der Waals surface area contributed by atoms with Crippen LogP contribution in [0.2, 0.25) is 0 Å². The Bertz CT molecular complexity index is 447. The van der Waals surface area contributed by atoms with E-state index in [2.05, 4.69) is 5.32 Å². The van der Waals surface area contributed by atoms with E-state index >= 15 is 0 Å². The van der Waals surface area contributed by atoms with E-state index in [9.17, 15) is 4.79 Å². The molecule has 1 N–H and O–H groups in total. The summed E-state index contributed by atoms with van der Waals surface area (Å²) in [5.41, 5.74) is 1.03. The molecule has 4 nitrogen and oxygen atoms in total. The van der Waals surface area contributed by atoms with Crippen LogP contribution in [0.25, 0.3) is 0 Å². The van der Waals surface area contributed by atoms with Crippen molar-refractivity contribution in [1.29, 1.82) is 0 Å². The number of amides is 2. The smallest absolute Gasteiger partial charge is 0.323 e. The lowest BCUT2D eigenvalue weighted by Gasteiger charge is -2.21. The highest BCUT2D eigenvalue weighted by Crippen LogP contribution is 2.19. The van der Waals surface area contributed by atoms with Crippen LogP contribution < -0.4 is 10.2 Å². The maximum Gasteiger partial charge on any atom is 0.323 e. The van der Waals surface area contributed by atoms with Gasteiger partial charge in [-0.25, -0.2) is 4.79 Å². The minimum Gasteiger partial charge on any atom is -0.335 e. The Labute approximate surface area is 113 Å². The third kappa shape index (κ3) is 2.61. The molecule has 0 unspecified atom stereocenters. The largest absolute Gasteiger partial charge is 0.335 e. The number of carbonyl (C=O) groups is 1. The lowest BCUT2D eigenvalue weighted by atomic mass is 10.3.